The summed E-state index contributed by atoms with van der Waals surface area (Å²) in [5, 5.41) is 0. The van der Waals surface area contributed by atoms with Gasteiger partial charge < -0.3 is 14.2 Å². The van der Waals surface area contributed by atoms with Crippen LogP contribution in [0.4, 0.5) is 0 Å². The largest absolute Gasteiger partial charge is 0.494 e. The number of carbonyl (C=O) groups excluding carboxylic acids is 2. The highest BCUT2D eigenvalue weighted by molar-refractivity contribution is 5.92. The van der Waals surface area contributed by atoms with Gasteiger partial charge in [-0.1, -0.05) is 62.4 Å². The number of hydrogen-bond acceptors (Lipinski definition) is 5. The molecule has 0 amide bonds. The summed E-state index contributed by atoms with van der Waals surface area (Å²) in [6.45, 7) is 7.97. The molecule has 0 bridgehead atoms. The molecule has 0 aliphatic heterocycles. The molecule has 0 aliphatic rings. The normalized spacial score (nSPS) is 10.9. The second-order valence-corrected chi connectivity index (χ2v) is 8.69. The predicted molar refractivity (Wildman–Crippen MR) is 141 cm³/mol. The minimum atomic E-state index is -0.636. The molecule has 0 unspecified atom stereocenters. The molecule has 5 nitrogen and oxygen atoms in total. The molecule has 2 aromatic rings. The molecule has 0 aromatic heterocycles. The van der Waals surface area contributed by atoms with Crippen LogP contribution < -0.4 is 9.47 Å². The topological polar surface area (TPSA) is 61.8 Å². The van der Waals surface area contributed by atoms with Crippen LogP contribution in [0.25, 0.3) is 11.1 Å². The van der Waals surface area contributed by atoms with Crippen LogP contribution >= 0.6 is 0 Å². The fourth-order valence-electron chi connectivity index (χ4n) is 3.48. The van der Waals surface area contributed by atoms with Crippen molar-refractivity contribution < 1.29 is 23.8 Å². The van der Waals surface area contributed by atoms with Gasteiger partial charge in [0.1, 0.15) is 11.5 Å². The molecule has 188 valence electrons. The lowest BCUT2D eigenvalue weighted by Crippen LogP contribution is -2.10. The summed E-state index contributed by atoms with van der Waals surface area (Å²) in [6.07, 6.45) is 13.7. The Labute approximate surface area is 209 Å². The first-order chi connectivity index (χ1) is 17.0. The Morgan fingerprint density at radius 3 is 1.83 bits per heavy atom. The van der Waals surface area contributed by atoms with Gasteiger partial charge in [0.15, 0.2) is 0 Å². The molecule has 2 rings (SSSR count). The van der Waals surface area contributed by atoms with Crippen molar-refractivity contribution in [3.8, 4) is 22.6 Å². The molecule has 0 atom stereocenters. The van der Waals surface area contributed by atoms with Gasteiger partial charge in [-0.15, -0.1) is 6.58 Å². The minimum absolute atomic E-state index is 0.242. The van der Waals surface area contributed by atoms with E-state index in [1.54, 1.807) is 26.0 Å². The number of rotatable bonds is 16. The van der Waals surface area contributed by atoms with Crippen LogP contribution in [0.15, 0.2) is 73.3 Å². The van der Waals surface area contributed by atoms with Crippen LogP contribution in [0.3, 0.4) is 0 Å². The average Bonchev–Trinajstić information content (AvgIpc) is 2.84. The molecule has 0 radical (unpaired) electrons. The van der Waals surface area contributed by atoms with E-state index in [1.807, 2.05) is 42.5 Å². The molecule has 35 heavy (non-hydrogen) atoms. The third kappa shape index (κ3) is 12.1. The Balaban J connectivity index is 1.70. The van der Waals surface area contributed by atoms with Crippen molar-refractivity contribution in [3.63, 3.8) is 0 Å². The van der Waals surface area contributed by atoms with Crippen molar-refractivity contribution in [2.24, 2.45) is 0 Å². The van der Waals surface area contributed by atoms with E-state index in [0.29, 0.717) is 5.75 Å². The molecule has 0 saturated heterocycles. The summed E-state index contributed by atoms with van der Waals surface area (Å²) in [5.41, 5.74) is 2.04. The highest BCUT2D eigenvalue weighted by Crippen LogP contribution is 2.25. The van der Waals surface area contributed by atoms with E-state index in [-0.39, 0.29) is 6.10 Å². The number of benzene rings is 2. The summed E-state index contributed by atoms with van der Waals surface area (Å²) in [4.78, 5) is 23.3. The van der Waals surface area contributed by atoms with Gasteiger partial charge in [0.25, 0.3) is 0 Å². The number of ether oxygens (including phenoxy) is 3. The lowest BCUT2D eigenvalue weighted by molar-refractivity contribution is -0.141. The third-order valence-corrected chi connectivity index (χ3v) is 5.29. The van der Waals surface area contributed by atoms with E-state index >= 15 is 0 Å². The maximum atomic E-state index is 11.9. The van der Waals surface area contributed by atoms with Crippen molar-refractivity contribution in [2.75, 3.05) is 6.61 Å². The average molecular weight is 479 g/mol. The van der Waals surface area contributed by atoms with E-state index in [1.165, 1.54) is 38.5 Å². The Bertz CT molecular complexity index is 926. The van der Waals surface area contributed by atoms with Crippen LogP contribution in [0.5, 0.6) is 11.5 Å². The van der Waals surface area contributed by atoms with Crippen LogP contribution in [-0.2, 0) is 14.3 Å². The SMILES string of the molecule is C=CCCCCCCCCCOc1ccc(-c2ccc(OC(=O)/C=C/C(=O)OC(C)C)cc2)cc1. The lowest BCUT2D eigenvalue weighted by atomic mass is 10.1. The molecule has 0 fully saturated rings. The summed E-state index contributed by atoms with van der Waals surface area (Å²) in [5.74, 6) is 0.0533. The van der Waals surface area contributed by atoms with Crippen LogP contribution in [-0.4, -0.2) is 24.6 Å². The number of carbonyl (C=O) groups is 2. The first-order valence-corrected chi connectivity index (χ1v) is 12.5. The second kappa shape index (κ2) is 16.3. The summed E-state index contributed by atoms with van der Waals surface area (Å²) >= 11 is 0. The number of allylic oxidation sites excluding steroid dienone is 1. The van der Waals surface area contributed by atoms with Crippen molar-refractivity contribution >= 4 is 11.9 Å². The highest BCUT2D eigenvalue weighted by Gasteiger charge is 2.05. The fourth-order valence-corrected chi connectivity index (χ4v) is 3.48. The fraction of sp³-hybridized carbons (Fsp3) is 0.400. The zero-order valence-electron chi connectivity index (χ0n) is 21.0. The van der Waals surface area contributed by atoms with Gasteiger partial charge in [-0.05, 0) is 68.5 Å². The van der Waals surface area contributed by atoms with Gasteiger partial charge in [0.05, 0.1) is 12.7 Å². The maximum Gasteiger partial charge on any atom is 0.336 e. The summed E-state index contributed by atoms with van der Waals surface area (Å²) < 4.78 is 16.0. The Morgan fingerprint density at radius 2 is 1.26 bits per heavy atom. The van der Waals surface area contributed by atoms with Crippen molar-refractivity contribution in [3.05, 3.63) is 73.3 Å². The zero-order valence-corrected chi connectivity index (χ0v) is 21.0. The summed E-state index contributed by atoms with van der Waals surface area (Å²) in [7, 11) is 0. The van der Waals surface area contributed by atoms with E-state index in [2.05, 4.69) is 6.58 Å². The standard InChI is InChI=1S/C30H38O5/c1-4-5-6-7-8-9-10-11-12-23-33-27-17-13-25(14-18-27)26-15-19-28(20-16-26)35-30(32)22-21-29(31)34-24(2)3/h4,13-22,24H,1,5-12,23H2,2-3H3/b22-21+. The molecular formula is C30H38O5. The predicted octanol–water partition coefficient (Wildman–Crippen LogP) is 7.45. The van der Waals surface area contributed by atoms with Gasteiger partial charge in [0.2, 0.25) is 0 Å². The van der Waals surface area contributed by atoms with Crippen molar-refractivity contribution in [2.45, 2.75) is 71.3 Å². The third-order valence-electron chi connectivity index (χ3n) is 5.29. The van der Waals surface area contributed by atoms with E-state index in [9.17, 15) is 9.59 Å². The molecule has 2 aromatic carbocycles. The quantitative estimate of drug-likeness (QED) is 0.0824. The molecule has 0 saturated carbocycles. The smallest absolute Gasteiger partial charge is 0.336 e. The van der Waals surface area contributed by atoms with Gasteiger partial charge in [0, 0.05) is 12.2 Å². The van der Waals surface area contributed by atoms with E-state index in [4.69, 9.17) is 14.2 Å². The Kier molecular flexibility index (Phi) is 13.0. The van der Waals surface area contributed by atoms with Crippen LogP contribution in [0.1, 0.15) is 65.2 Å². The Hall–Kier alpha value is -3.34. The maximum absolute atomic E-state index is 11.9. The van der Waals surface area contributed by atoms with Crippen LogP contribution in [0, 0.1) is 0 Å². The lowest BCUT2D eigenvalue weighted by Gasteiger charge is -2.08. The minimum Gasteiger partial charge on any atom is -0.494 e. The van der Waals surface area contributed by atoms with E-state index < -0.39 is 11.9 Å². The van der Waals surface area contributed by atoms with Crippen molar-refractivity contribution in [1.82, 2.24) is 0 Å². The van der Waals surface area contributed by atoms with Gasteiger partial charge in [-0.2, -0.15) is 0 Å². The molecule has 0 heterocycles. The molecule has 5 heteroatoms. The monoisotopic (exact) mass is 478 g/mol. The Morgan fingerprint density at radius 1 is 0.743 bits per heavy atom. The van der Waals surface area contributed by atoms with Gasteiger partial charge in [-0.3, -0.25) is 0 Å². The number of unbranched alkanes of at least 4 members (excludes halogenated alkanes) is 7. The van der Waals surface area contributed by atoms with Crippen LogP contribution in [0.2, 0.25) is 0 Å². The first kappa shape index (κ1) is 27.9. The highest BCUT2D eigenvalue weighted by atomic mass is 16.5. The molecule has 0 spiro atoms. The number of esters is 2. The van der Waals surface area contributed by atoms with E-state index in [0.717, 1.165) is 48.5 Å². The molecular weight excluding hydrogens is 440 g/mol. The zero-order chi connectivity index (χ0) is 25.3. The summed E-state index contributed by atoms with van der Waals surface area (Å²) in [6, 6.07) is 15.2. The number of hydrogen-bond donors (Lipinski definition) is 0. The first-order valence-electron chi connectivity index (χ1n) is 12.5. The second-order valence-electron chi connectivity index (χ2n) is 8.69. The van der Waals surface area contributed by atoms with Crippen molar-refractivity contribution in [1.29, 1.82) is 0 Å². The van der Waals surface area contributed by atoms with Gasteiger partial charge >= 0.3 is 11.9 Å². The molecule has 0 N–H and O–H groups in total. The molecule has 0 aliphatic carbocycles. The van der Waals surface area contributed by atoms with Gasteiger partial charge in [-0.25, -0.2) is 9.59 Å².